The summed E-state index contributed by atoms with van der Waals surface area (Å²) in [7, 11) is 1.22. The molecule has 0 radical (unpaired) electrons. The summed E-state index contributed by atoms with van der Waals surface area (Å²) in [6, 6.07) is 4.81. The molecule has 0 atom stereocenters. The number of carbonyl (C=O) groups excluding carboxylic acids is 3. The Morgan fingerprint density at radius 2 is 1.82 bits per heavy atom. The molecule has 0 bridgehead atoms. The van der Waals surface area contributed by atoms with Gasteiger partial charge in [-0.2, -0.15) is 13.2 Å². The number of aromatic nitrogens is 1. The number of hydrogen-bond donors (Lipinski definition) is 1. The highest BCUT2D eigenvalue weighted by molar-refractivity contribution is 7.18. The quantitative estimate of drug-likeness (QED) is 0.287. The standard InChI is InChI=1S/C28H30F3N3O4S2/c1-15(2)34(26(36)17-7-5-16(3)6-8-17)22-12-23(40-24(22)27(37)38-4)18-9-10-20(19(11-18)28(29,30)31)33-25(35)21-13-39-14-32-21/h9-17H,5-8H2,1-4H3,(H,33,35). The number of nitrogens with zero attached hydrogens (tertiary/aromatic N) is 2. The van der Waals surface area contributed by atoms with Crippen molar-refractivity contribution in [1.29, 1.82) is 0 Å². The van der Waals surface area contributed by atoms with Gasteiger partial charge in [-0.05, 0) is 69.2 Å². The monoisotopic (exact) mass is 593 g/mol. The molecule has 2 aromatic heterocycles. The van der Waals surface area contributed by atoms with Crippen LogP contribution >= 0.6 is 22.7 Å². The third-order valence-electron chi connectivity index (χ3n) is 6.98. The summed E-state index contributed by atoms with van der Waals surface area (Å²) >= 11 is 2.11. The molecular formula is C28H30F3N3O4S2. The van der Waals surface area contributed by atoms with Crippen LogP contribution in [0.1, 0.15) is 72.2 Å². The van der Waals surface area contributed by atoms with Gasteiger partial charge in [0, 0.05) is 22.2 Å². The molecule has 0 aliphatic heterocycles. The van der Waals surface area contributed by atoms with Gasteiger partial charge in [0.25, 0.3) is 5.91 Å². The van der Waals surface area contributed by atoms with Gasteiger partial charge in [0.1, 0.15) is 10.6 Å². The van der Waals surface area contributed by atoms with E-state index in [1.54, 1.807) is 11.0 Å². The first-order chi connectivity index (χ1) is 18.9. The number of methoxy groups -OCH3 is 1. The van der Waals surface area contributed by atoms with Gasteiger partial charge in [-0.3, -0.25) is 9.59 Å². The summed E-state index contributed by atoms with van der Waals surface area (Å²) in [4.78, 5) is 44.7. The molecule has 0 spiro atoms. The largest absolute Gasteiger partial charge is 0.465 e. The summed E-state index contributed by atoms with van der Waals surface area (Å²) in [6.45, 7) is 5.83. The summed E-state index contributed by atoms with van der Waals surface area (Å²) in [5.74, 6) is -1.18. The molecular weight excluding hydrogens is 563 g/mol. The van der Waals surface area contributed by atoms with E-state index in [9.17, 15) is 27.6 Å². The van der Waals surface area contributed by atoms with E-state index in [0.717, 1.165) is 54.4 Å². The number of anilines is 2. The molecule has 214 valence electrons. The Morgan fingerprint density at radius 3 is 2.40 bits per heavy atom. The molecule has 7 nitrogen and oxygen atoms in total. The van der Waals surface area contributed by atoms with E-state index < -0.39 is 29.3 Å². The zero-order valence-electron chi connectivity index (χ0n) is 22.5. The maximum absolute atomic E-state index is 14.1. The second kappa shape index (κ2) is 12.1. The van der Waals surface area contributed by atoms with E-state index in [4.69, 9.17) is 4.74 Å². The fourth-order valence-corrected chi connectivity index (χ4v) is 6.44. The smallest absolute Gasteiger partial charge is 0.418 e. The molecule has 1 aliphatic rings. The van der Waals surface area contributed by atoms with Gasteiger partial charge in [-0.1, -0.05) is 13.0 Å². The van der Waals surface area contributed by atoms with E-state index in [-0.39, 0.29) is 34.0 Å². The van der Waals surface area contributed by atoms with Crippen molar-refractivity contribution in [2.24, 2.45) is 11.8 Å². The lowest BCUT2D eigenvalue weighted by molar-refractivity contribution is -0.136. The number of esters is 1. The average Bonchev–Trinajstić information content (AvgIpc) is 3.59. The predicted octanol–water partition coefficient (Wildman–Crippen LogP) is 7.50. The Morgan fingerprint density at radius 1 is 1.12 bits per heavy atom. The molecule has 3 aromatic rings. The first-order valence-electron chi connectivity index (χ1n) is 12.9. The van der Waals surface area contributed by atoms with Crippen LogP contribution in [0.25, 0.3) is 10.4 Å². The van der Waals surface area contributed by atoms with Gasteiger partial charge in [0.2, 0.25) is 5.91 Å². The van der Waals surface area contributed by atoms with Gasteiger partial charge in [0.15, 0.2) is 0 Å². The van der Waals surface area contributed by atoms with E-state index >= 15 is 0 Å². The molecule has 0 saturated heterocycles. The zero-order chi connectivity index (χ0) is 29.2. The van der Waals surface area contributed by atoms with Crippen molar-refractivity contribution in [2.75, 3.05) is 17.3 Å². The van der Waals surface area contributed by atoms with Crippen molar-refractivity contribution in [3.63, 3.8) is 0 Å². The number of rotatable bonds is 7. The molecule has 2 amide bonds. The van der Waals surface area contributed by atoms with Crippen molar-refractivity contribution < 1.29 is 32.3 Å². The van der Waals surface area contributed by atoms with Crippen molar-refractivity contribution in [1.82, 2.24) is 4.98 Å². The number of benzene rings is 1. The predicted molar refractivity (Wildman–Crippen MR) is 150 cm³/mol. The van der Waals surface area contributed by atoms with Crippen molar-refractivity contribution in [3.8, 4) is 10.4 Å². The van der Waals surface area contributed by atoms with Crippen molar-refractivity contribution in [2.45, 2.75) is 58.7 Å². The number of nitrogens with one attached hydrogen (secondary N) is 1. The number of ether oxygens (including phenoxy) is 1. The van der Waals surface area contributed by atoms with Crippen LogP contribution in [0.3, 0.4) is 0 Å². The van der Waals surface area contributed by atoms with Gasteiger partial charge < -0.3 is 15.0 Å². The van der Waals surface area contributed by atoms with Crippen LogP contribution in [0.15, 0.2) is 35.2 Å². The number of carbonyl (C=O) groups is 3. The first-order valence-corrected chi connectivity index (χ1v) is 14.6. The minimum Gasteiger partial charge on any atom is -0.465 e. The fourth-order valence-electron chi connectivity index (χ4n) is 4.85. The third-order valence-corrected chi connectivity index (χ3v) is 8.72. The molecule has 1 saturated carbocycles. The second-order valence-electron chi connectivity index (χ2n) is 10.2. The number of alkyl halides is 3. The molecule has 40 heavy (non-hydrogen) atoms. The van der Waals surface area contributed by atoms with E-state index in [0.29, 0.717) is 16.5 Å². The van der Waals surface area contributed by atoms with Gasteiger partial charge >= 0.3 is 12.1 Å². The molecule has 0 unspecified atom stereocenters. The number of halogens is 3. The van der Waals surface area contributed by atoms with Gasteiger partial charge in [0.05, 0.1) is 29.6 Å². The highest BCUT2D eigenvalue weighted by Gasteiger charge is 2.36. The van der Waals surface area contributed by atoms with Crippen LogP contribution in [0.5, 0.6) is 0 Å². The lowest BCUT2D eigenvalue weighted by Crippen LogP contribution is -2.42. The van der Waals surface area contributed by atoms with Crippen LogP contribution in [0.2, 0.25) is 0 Å². The lowest BCUT2D eigenvalue weighted by Gasteiger charge is -2.33. The van der Waals surface area contributed by atoms with Crippen LogP contribution in [-0.2, 0) is 15.7 Å². The highest BCUT2D eigenvalue weighted by Crippen LogP contribution is 2.43. The summed E-state index contributed by atoms with van der Waals surface area (Å²) in [5, 5.41) is 3.73. The molecule has 4 rings (SSSR count). The number of thiophene rings is 1. The van der Waals surface area contributed by atoms with Crippen LogP contribution in [-0.4, -0.2) is 35.9 Å². The summed E-state index contributed by atoms with van der Waals surface area (Å²) < 4.78 is 47.2. The Hall–Kier alpha value is -3.25. The van der Waals surface area contributed by atoms with E-state index in [1.807, 2.05) is 13.8 Å². The Labute approximate surface area is 238 Å². The Bertz CT molecular complexity index is 1380. The highest BCUT2D eigenvalue weighted by atomic mass is 32.1. The van der Waals surface area contributed by atoms with Crippen LogP contribution < -0.4 is 10.2 Å². The lowest BCUT2D eigenvalue weighted by atomic mass is 9.82. The second-order valence-corrected chi connectivity index (χ2v) is 11.9. The zero-order valence-corrected chi connectivity index (χ0v) is 24.1. The maximum Gasteiger partial charge on any atom is 0.418 e. The first kappa shape index (κ1) is 29.7. The van der Waals surface area contributed by atoms with Crippen molar-refractivity contribution >= 4 is 51.8 Å². The average molecular weight is 594 g/mol. The van der Waals surface area contributed by atoms with Crippen molar-refractivity contribution in [3.05, 3.63) is 51.3 Å². The fraction of sp³-hybridized carbons (Fsp3) is 0.429. The number of hydrogen-bond acceptors (Lipinski definition) is 7. The topological polar surface area (TPSA) is 88.6 Å². The van der Waals surface area contributed by atoms with Gasteiger partial charge in [-0.15, -0.1) is 22.7 Å². The summed E-state index contributed by atoms with van der Waals surface area (Å²) in [6.07, 6.45) is -1.41. The number of thiazole rings is 1. The summed E-state index contributed by atoms with van der Waals surface area (Å²) in [5.41, 5.74) is 0.471. The SMILES string of the molecule is COC(=O)c1sc(-c2ccc(NC(=O)c3cscn3)c(C(F)(F)F)c2)cc1N(C(=O)C1CCC(C)CC1)C(C)C. The Kier molecular flexibility index (Phi) is 8.99. The van der Waals surface area contributed by atoms with Crippen LogP contribution in [0, 0.1) is 11.8 Å². The van der Waals surface area contributed by atoms with E-state index in [2.05, 4.69) is 17.2 Å². The maximum atomic E-state index is 14.1. The molecule has 2 heterocycles. The van der Waals surface area contributed by atoms with Crippen LogP contribution in [0.4, 0.5) is 24.5 Å². The normalized spacial score (nSPS) is 17.5. The minimum atomic E-state index is -4.77. The molecule has 1 aromatic carbocycles. The molecule has 1 aliphatic carbocycles. The minimum absolute atomic E-state index is 0.0127. The van der Waals surface area contributed by atoms with E-state index in [1.165, 1.54) is 30.1 Å². The van der Waals surface area contributed by atoms with Gasteiger partial charge in [-0.25, -0.2) is 9.78 Å². The third kappa shape index (κ3) is 6.38. The molecule has 1 N–H and O–H groups in total. The number of amides is 2. The molecule has 1 fully saturated rings. The Balaban J connectivity index is 1.74. The molecule has 12 heteroatoms.